The van der Waals surface area contributed by atoms with E-state index in [9.17, 15) is 24.3 Å². The molecule has 1 N–H and O–H groups in total. The Balaban J connectivity index is 1.66. The van der Waals surface area contributed by atoms with E-state index in [1.54, 1.807) is 24.3 Å². The molecule has 0 radical (unpaired) electrons. The average Bonchev–Trinajstić information content (AvgIpc) is 3.79. The van der Waals surface area contributed by atoms with Crippen molar-refractivity contribution in [2.45, 2.75) is 53.4 Å². The molecule has 0 spiro atoms. The second-order valence-corrected chi connectivity index (χ2v) is 13.4. The summed E-state index contributed by atoms with van der Waals surface area (Å²) >= 11 is 0. The third kappa shape index (κ3) is 6.28. The minimum Gasteiger partial charge on any atom is -0.481 e. The van der Waals surface area contributed by atoms with Gasteiger partial charge in [-0.15, -0.1) is 0 Å². The van der Waals surface area contributed by atoms with Gasteiger partial charge in [0, 0.05) is 18.4 Å². The molecule has 2 unspecified atom stereocenters. The van der Waals surface area contributed by atoms with E-state index in [4.69, 9.17) is 34.2 Å². The zero-order chi connectivity index (χ0) is 38.4. The van der Waals surface area contributed by atoms with Crippen LogP contribution in [0.15, 0.2) is 136 Å². The van der Waals surface area contributed by atoms with Gasteiger partial charge in [-0.3, -0.25) is 19.4 Å². The molecule has 272 valence electrons. The molecule has 12 nitrogen and oxygen atoms in total. The van der Waals surface area contributed by atoms with Crippen molar-refractivity contribution >= 4 is 46.7 Å². The maximum Gasteiger partial charge on any atom is 0.334 e. The fraction of sp³-hybridized carbons (Fsp3) is 0.317. The highest BCUT2D eigenvalue weighted by Gasteiger charge is 2.55. The molecule has 0 aromatic rings. The number of methoxy groups -OCH3 is 3. The quantitative estimate of drug-likeness (QED) is 0.219. The van der Waals surface area contributed by atoms with Gasteiger partial charge in [-0.25, -0.2) is 19.8 Å². The molecule has 0 saturated carbocycles. The standard InChI is InChI=1S/C41H40N4O8/c1-9-23-20(2)29-17-34-27-13-10-26(39(49)52-7)38(40(50)53-8)41(27,5)35(45-34)19-30-22(4)24(11-14-36(46)47)32(44-30)18-33-25(12-15-37(48)51-6)21(3)28(43-33)16-31(23)42-29/h9-10,13,16-19,38H,1,11-12,14-15H2,2-8H3,(H,46,47). The third-order valence-corrected chi connectivity index (χ3v) is 10.6. The molecule has 0 aromatic heterocycles. The van der Waals surface area contributed by atoms with E-state index in [2.05, 4.69) is 6.58 Å². The molecule has 0 fully saturated rings. The van der Waals surface area contributed by atoms with Crippen LogP contribution in [0.5, 0.6) is 0 Å². The predicted molar refractivity (Wildman–Crippen MR) is 200 cm³/mol. The van der Waals surface area contributed by atoms with Crippen molar-refractivity contribution < 1.29 is 38.5 Å². The lowest BCUT2D eigenvalue weighted by atomic mass is 9.64. The van der Waals surface area contributed by atoms with Crippen molar-refractivity contribution in [3.8, 4) is 0 Å². The van der Waals surface area contributed by atoms with Gasteiger partial charge >= 0.3 is 23.9 Å². The number of nitrogens with zero attached hydrogens (tertiary/aromatic N) is 4. The summed E-state index contributed by atoms with van der Waals surface area (Å²) in [5.74, 6) is -3.77. The van der Waals surface area contributed by atoms with E-state index >= 15 is 0 Å². The van der Waals surface area contributed by atoms with Gasteiger partial charge in [0.25, 0.3) is 0 Å². The number of carboxylic acids is 1. The number of esters is 3. The fourth-order valence-corrected chi connectivity index (χ4v) is 7.53. The topological polar surface area (TPSA) is 166 Å². The molecule has 8 bridgehead atoms. The molecule has 5 heterocycles. The molecule has 0 amide bonds. The van der Waals surface area contributed by atoms with Crippen LogP contribution in [0.1, 0.15) is 53.4 Å². The van der Waals surface area contributed by atoms with Crippen molar-refractivity contribution in [2.24, 2.45) is 31.3 Å². The molecule has 2 atom stereocenters. The average molecular weight is 717 g/mol. The Morgan fingerprint density at radius 1 is 0.755 bits per heavy atom. The highest BCUT2D eigenvalue weighted by Crippen LogP contribution is 2.54. The second-order valence-electron chi connectivity index (χ2n) is 13.4. The fourth-order valence-electron chi connectivity index (χ4n) is 7.53. The second kappa shape index (κ2) is 14.2. The Morgan fingerprint density at radius 2 is 1.40 bits per heavy atom. The summed E-state index contributed by atoms with van der Waals surface area (Å²) in [7, 11) is 3.86. The Kier molecular flexibility index (Phi) is 9.83. The Bertz CT molecular complexity index is 2220. The van der Waals surface area contributed by atoms with E-state index < -0.39 is 29.2 Å². The summed E-state index contributed by atoms with van der Waals surface area (Å²) in [6, 6.07) is 0. The molecule has 0 saturated heterocycles. The summed E-state index contributed by atoms with van der Waals surface area (Å²) < 4.78 is 15.3. The number of carbonyl (C=O) groups is 4. The first kappa shape index (κ1) is 36.7. The van der Waals surface area contributed by atoms with Gasteiger partial charge in [0.1, 0.15) is 5.92 Å². The maximum absolute atomic E-state index is 13.7. The number of ether oxygens (including phenoxy) is 3. The number of allylic oxidation sites excluding steroid dienone is 14. The van der Waals surface area contributed by atoms with Gasteiger partial charge in [-0.1, -0.05) is 24.8 Å². The first-order chi connectivity index (χ1) is 25.3. The molecule has 6 rings (SSSR count). The van der Waals surface area contributed by atoms with Crippen molar-refractivity contribution in [1.82, 2.24) is 0 Å². The lowest BCUT2D eigenvalue weighted by Gasteiger charge is -2.37. The van der Waals surface area contributed by atoms with Crippen LogP contribution in [-0.2, 0) is 33.4 Å². The van der Waals surface area contributed by atoms with E-state index in [0.717, 1.165) is 27.9 Å². The number of carboxylic acid groups (broad SMARTS) is 1. The van der Waals surface area contributed by atoms with Crippen LogP contribution in [0.3, 0.4) is 0 Å². The normalized spacial score (nSPS) is 23.0. The number of carbonyl (C=O) groups excluding carboxylic acids is 3. The molecule has 12 heteroatoms. The van der Waals surface area contributed by atoms with Crippen LogP contribution in [0.25, 0.3) is 0 Å². The minimum atomic E-state index is -1.21. The molecular weight excluding hydrogens is 676 g/mol. The van der Waals surface area contributed by atoms with Gasteiger partial charge in [-0.05, 0) is 98.3 Å². The van der Waals surface area contributed by atoms with Crippen LogP contribution in [-0.4, -0.2) is 73.2 Å². The van der Waals surface area contributed by atoms with E-state index in [-0.39, 0.29) is 30.8 Å². The molecule has 53 heavy (non-hydrogen) atoms. The molecular formula is C41H40N4O8. The number of aliphatic carboxylic acids is 1. The van der Waals surface area contributed by atoms with Gasteiger partial charge in [-0.2, -0.15) is 0 Å². The summed E-state index contributed by atoms with van der Waals surface area (Å²) in [4.78, 5) is 71.0. The Hall–Kier alpha value is -6.04. The van der Waals surface area contributed by atoms with E-state index in [0.29, 0.717) is 63.2 Å². The van der Waals surface area contributed by atoms with Gasteiger partial charge < -0.3 is 19.3 Å². The van der Waals surface area contributed by atoms with Gasteiger partial charge in [0.15, 0.2) is 0 Å². The number of hydrogen-bond donors (Lipinski definition) is 1. The van der Waals surface area contributed by atoms with Crippen LogP contribution in [0.4, 0.5) is 0 Å². The van der Waals surface area contributed by atoms with Gasteiger partial charge in [0.05, 0.1) is 78.0 Å². The number of rotatable bonds is 9. The van der Waals surface area contributed by atoms with Gasteiger partial charge in [0.2, 0.25) is 0 Å². The predicted octanol–water partition coefficient (Wildman–Crippen LogP) is 6.14. The summed E-state index contributed by atoms with van der Waals surface area (Å²) in [5.41, 5.74) is 8.81. The van der Waals surface area contributed by atoms with Crippen molar-refractivity contribution in [1.29, 1.82) is 0 Å². The SMILES string of the molecule is C=CC1=C(C)C2=CC3=NC(=CC4=NC(=CC5=NC(=CC1=N2)C(C)=C5CCC(=O)OC)C(CCC(=O)O)=C4C)C1(C)C3=CC=C(C(=O)OC)C1C(=O)OC. The maximum atomic E-state index is 13.7. The Labute approximate surface area is 307 Å². The van der Waals surface area contributed by atoms with Crippen LogP contribution in [0.2, 0.25) is 0 Å². The molecule has 6 aliphatic rings. The highest BCUT2D eigenvalue weighted by atomic mass is 16.5. The van der Waals surface area contributed by atoms with Crippen molar-refractivity contribution in [3.63, 3.8) is 0 Å². The zero-order valence-corrected chi connectivity index (χ0v) is 30.7. The Morgan fingerprint density at radius 3 is 2.06 bits per heavy atom. The number of fused-ring (bicyclic) bond motifs is 7. The highest BCUT2D eigenvalue weighted by molar-refractivity contribution is 6.21. The largest absolute Gasteiger partial charge is 0.481 e. The smallest absolute Gasteiger partial charge is 0.334 e. The zero-order valence-electron chi connectivity index (χ0n) is 30.7. The van der Waals surface area contributed by atoms with Crippen molar-refractivity contribution in [2.75, 3.05) is 21.3 Å². The summed E-state index contributed by atoms with van der Waals surface area (Å²) in [6.07, 6.45) is 12.9. The first-order valence-electron chi connectivity index (χ1n) is 17.1. The summed E-state index contributed by atoms with van der Waals surface area (Å²) in [6.45, 7) is 11.6. The number of hydrogen-bond acceptors (Lipinski definition) is 11. The van der Waals surface area contributed by atoms with Crippen LogP contribution >= 0.6 is 0 Å². The monoisotopic (exact) mass is 716 g/mol. The molecule has 0 aromatic carbocycles. The van der Waals surface area contributed by atoms with Crippen molar-refractivity contribution in [3.05, 3.63) is 116 Å². The lowest BCUT2D eigenvalue weighted by Crippen LogP contribution is -2.41. The summed E-state index contributed by atoms with van der Waals surface area (Å²) in [5, 5.41) is 9.66. The van der Waals surface area contributed by atoms with Crippen LogP contribution < -0.4 is 0 Å². The van der Waals surface area contributed by atoms with Crippen LogP contribution in [0, 0.1) is 11.3 Å². The lowest BCUT2D eigenvalue weighted by molar-refractivity contribution is -0.150. The molecule has 5 aliphatic heterocycles. The molecule has 1 aliphatic carbocycles. The minimum absolute atomic E-state index is 0.114. The van der Waals surface area contributed by atoms with E-state index in [1.165, 1.54) is 21.3 Å². The third-order valence-electron chi connectivity index (χ3n) is 10.6. The number of aliphatic imine (C=N–C) groups is 4. The first-order valence-corrected chi connectivity index (χ1v) is 17.1. The van der Waals surface area contributed by atoms with E-state index in [1.807, 2.05) is 45.9 Å².